The molecule has 0 radical (unpaired) electrons. The summed E-state index contributed by atoms with van der Waals surface area (Å²) in [6.45, 7) is 6.48. The first-order chi connectivity index (χ1) is 15.9. The van der Waals surface area contributed by atoms with Crippen LogP contribution in [0.5, 0.6) is 5.75 Å². The summed E-state index contributed by atoms with van der Waals surface area (Å²) in [6, 6.07) is 32.6. The summed E-state index contributed by atoms with van der Waals surface area (Å²) < 4.78 is 0. The van der Waals surface area contributed by atoms with E-state index in [9.17, 15) is 5.11 Å². The van der Waals surface area contributed by atoms with Gasteiger partial charge in [0.1, 0.15) is 22.5 Å². The molecule has 4 aromatic carbocycles. The Kier molecular flexibility index (Phi) is 5.21. The first-order valence-corrected chi connectivity index (χ1v) is 11.3. The molecule has 1 aromatic heterocycles. The van der Waals surface area contributed by atoms with Crippen molar-refractivity contribution in [3.05, 3.63) is 119 Å². The van der Waals surface area contributed by atoms with E-state index in [-0.39, 0.29) is 11.7 Å². The number of hydrogen-bond donors (Lipinski definition) is 1. The molecule has 0 amide bonds. The lowest BCUT2D eigenvalue weighted by atomic mass is 9.76. The van der Waals surface area contributed by atoms with Crippen LogP contribution in [0.3, 0.4) is 0 Å². The first kappa shape index (κ1) is 21.0. The van der Waals surface area contributed by atoms with Gasteiger partial charge < -0.3 is 5.11 Å². The smallest absolute Gasteiger partial charge is 0.147 e. The lowest BCUT2D eigenvalue weighted by molar-refractivity contribution is 0.446. The van der Waals surface area contributed by atoms with Crippen molar-refractivity contribution in [3.8, 4) is 11.4 Å². The largest absolute Gasteiger partial charge is 0.505 e. The second-order valence-corrected chi connectivity index (χ2v) is 9.04. The maximum Gasteiger partial charge on any atom is 0.147 e. The highest BCUT2D eigenvalue weighted by Crippen LogP contribution is 2.42. The van der Waals surface area contributed by atoms with Crippen LogP contribution in [0.4, 0.5) is 0 Å². The summed E-state index contributed by atoms with van der Waals surface area (Å²) in [5.74, 6) is 0.342. The van der Waals surface area contributed by atoms with E-state index in [4.69, 9.17) is 0 Å². The lowest BCUT2D eigenvalue weighted by Gasteiger charge is -2.29. The van der Waals surface area contributed by atoms with Gasteiger partial charge in [0.25, 0.3) is 0 Å². The average Bonchev–Trinajstić information content (AvgIpc) is 3.29. The van der Waals surface area contributed by atoms with Gasteiger partial charge in [-0.1, -0.05) is 99.6 Å². The Labute approximate surface area is 194 Å². The van der Waals surface area contributed by atoms with E-state index in [0.29, 0.717) is 5.69 Å². The van der Waals surface area contributed by atoms with Gasteiger partial charge >= 0.3 is 0 Å². The van der Waals surface area contributed by atoms with Crippen molar-refractivity contribution in [3.63, 3.8) is 0 Å². The van der Waals surface area contributed by atoms with Crippen LogP contribution >= 0.6 is 0 Å². The second-order valence-electron chi connectivity index (χ2n) is 9.04. The summed E-state index contributed by atoms with van der Waals surface area (Å²) in [5.41, 5.74) is 6.07. The van der Waals surface area contributed by atoms with E-state index >= 15 is 0 Å². The van der Waals surface area contributed by atoms with Crippen LogP contribution in [-0.2, 0) is 5.41 Å². The number of fused-ring (bicyclic) bond motifs is 1. The van der Waals surface area contributed by atoms with Crippen LogP contribution in [0.2, 0.25) is 0 Å². The molecule has 1 atom stereocenters. The second kappa shape index (κ2) is 8.21. The van der Waals surface area contributed by atoms with Gasteiger partial charge in [0.15, 0.2) is 0 Å². The van der Waals surface area contributed by atoms with Crippen molar-refractivity contribution < 1.29 is 5.11 Å². The standard InChI is InChI=1S/C29H27N3O/c1-20(21-12-6-4-7-13-21)22-18-24(29(2,3)23-14-8-5-9-15-23)28(33)27(19-22)32-30-25-16-10-11-17-26(25)31-32/h4-20,33H,1-3H3. The third kappa shape index (κ3) is 3.78. The molecule has 4 heteroatoms. The Morgan fingerprint density at radius 1 is 0.727 bits per heavy atom. The van der Waals surface area contributed by atoms with Gasteiger partial charge in [-0.05, 0) is 34.9 Å². The van der Waals surface area contributed by atoms with Crippen molar-refractivity contribution in [2.45, 2.75) is 32.1 Å². The fourth-order valence-electron chi connectivity index (χ4n) is 4.43. The van der Waals surface area contributed by atoms with Crippen molar-refractivity contribution in [1.29, 1.82) is 0 Å². The van der Waals surface area contributed by atoms with Crippen molar-refractivity contribution in [2.75, 3.05) is 0 Å². The summed E-state index contributed by atoms with van der Waals surface area (Å²) in [5, 5.41) is 20.9. The van der Waals surface area contributed by atoms with E-state index in [1.807, 2.05) is 54.6 Å². The van der Waals surface area contributed by atoms with E-state index in [1.54, 1.807) is 4.80 Å². The Morgan fingerprint density at radius 3 is 1.88 bits per heavy atom. The highest BCUT2D eigenvalue weighted by atomic mass is 16.3. The third-order valence-corrected chi connectivity index (χ3v) is 6.58. The quantitative estimate of drug-likeness (QED) is 0.339. The van der Waals surface area contributed by atoms with Crippen LogP contribution in [0.1, 0.15) is 48.9 Å². The molecule has 0 aliphatic heterocycles. The SMILES string of the molecule is CC(c1ccccc1)c1cc(-n2nc3ccccc3n2)c(O)c(C(C)(C)c2ccccc2)c1. The van der Waals surface area contributed by atoms with Gasteiger partial charge in [-0.3, -0.25) is 0 Å². The van der Waals surface area contributed by atoms with Crippen molar-refractivity contribution in [1.82, 2.24) is 15.0 Å². The van der Waals surface area contributed by atoms with Gasteiger partial charge in [-0.2, -0.15) is 0 Å². The number of phenols is 1. The molecular weight excluding hydrogens is 406 g/mol. The monoisotopic (exact) mass is 433 g/mol. The Morgan fingerprint density at radius 2 is 1.27 bits per heavy atom. The number of rotatable bonds is 5. The highest BCUT2D eigenvalue weighted by Gasteiger charge is 2.30. The molecule has 5 rings (SSSR count). The summed E-state index contributed by atoms with van der Waals surface area (Å²) in [7, 11) is 0. The highest BCUT2D eigenvalue weighted by molar-refractivity contribution is 5.74. The van der Waals surface area contributed by atoms with Crippen LogP contribution in [-0.4, -0.2) is 20.1 Å². The maximum atomic E-state index is 11.5. The number of phenolic OH excluding ortho intramolecular Hbond substituents is 1. The first-order valence-electron chi connectivity index (χ1n) is 11.3. The molecule has 0 aliphatic carbocycles. The average molecular weight is 434 g/mol. The predicted octanol–water partition coefficient (Wildman–Crippen LogP) is 6.60. The van der Waals surface area contributed by atoms with Gasteiger partial charge in [0.05, 0.1) is 0 Å². The van der Waals surface area contributed by atoms with E-state index in [1.165, 1.54) is 5.56 Å². The molecule has 5 aromatic rings. The fraction of sp³-hybridized carbons (Fsp3) is 0.172. The Bertz CT molecular complexity index is 1370. The summed E-state index contributed by atoms with van der Waals surface area (Å²) >= 11 is 0. The van der Waals surface area contributed by atoms with E-state index in [0.717, 1.165) is 27.7 Å². The Balaban J connectivity index is 1.74. The molecule has 0 aliphatic rings. The molecule has 0 saturated heterocycles. The van der Waals surface area contributed by atoms with Crippen LogP contribution in [0.25, 0.3) is 16.7 Å². The number of aromatic nitrogens is 3. The summed E-state index contributed by atoms with van der Waals surface area (Å²) in [6.07, 6.45) is 0. The molecular formula is C29H27N3O. The van der Waals surface area contributed by atoms with E-state index in [2.05, 4.69) is 73.4 Å². The molecule has 4 nitrogen and oxygen atoms in total. The molecule has 1 unspecified atom stereocenters. The number of aromatic hydroxyl groups is 1. The third-order valence-electron chi connectivity index (χ3n) is 6.58. The molecule has 33 heavy (non-hydrogen) atoms. The minimum absolute atomic E-state index is 0.140. The van der Waals surface area contributed by atoms with Gasteiger partial charge in [-0.25, -0.2) is 0 Å². The minimum atomic E-state index is -0.418. The van der Waals surface area contributed by atoms with Gasteiger partial charge in [0.2, 0.25) is 0 Å². The zero-order valence-electron chi connectivity index (χ0n) is 19.1. The van der Waals surface area contributed by atoms with Crippen LogP contribution < -0.4 is 0 Å². The molecule has 0 bridgehead atoms. The zero-order valence-corrected chi connectivity index (χ0v) is 19.1. The predicted molar refractivity (Wildman–Crippen MR) is 133 cm³/mol. The molecule has 0 fully saturated rings. The van der Waals surface area contributed by atoms with Crippen LogP contribution in [0, 0.1) is 0 Å². The maximum absolute atomic E-state index is 11.5. The van der Waals surface area contributed by atoms with Crippen LogP contribution in [0.15, 0.2) is 97.1 Å². The Hall–Kier alpha value is -3.92. The van der Waals surface area contributed by atoms with Crippen molar-refractivity contribution in [2.24, 2.45) is 0 Å². The topological polar surface area (TPSA) is 50.9 Å². The molecule has 0 saturated carbocycles. The van der Waals surface area contributed by atoms with E-state index < -0.39 is 5.41 Å². The molecule has 1 N–H and O–H groups in total. The number of benzene rings is 4. The molecule has 164 valence electrons. The summed E-state index contributed by atoms with van der Waals surface area (Å²) in [4.78, 5) is 1.56. The molecule has 0 spiro atoms. The normalized spacial score (nSPS) is 12.7. The molecule has 1 heterocycles. The minimum Gasteiger partial charge on any atom is -0.505 e. The number of hydrogen-bond acceptors (Lipinski definition) is 3. The number of nitrogens with zero attached hydrogens (tertiary/aromatic N) is 3. The lowest BCUT2D eigenvalue weighted by Crippen LogP contribution is -2.20. The fourth-order valence-corrected chi connectivity index (χ4v) is 4.43. The van der Waals surface area contributed by atoms with Gasteiger partial charge in [-0.15, -0.1) is 15.0 Å². The zero-order chi connectivity index (χ0) is 23.0. The van der Waals surface area contributed by atoms with Crippen molar-refractivity contribution >= 4 is 11.0 Å². The van der Waals surface area contributed by atoms with Gasteiger partial charge in [0, 0.05) is 16.9 Å².